The fourth-order valence-corrected chi connectivity index (χ4v) is 7.11. The Morgan fingerprint density at radius 2 is 1.68 bits per heavy atom. The lowest BCUT2D eigenvalue weighted by molar-refractivity contribution is 0.0628. The quantitative estimate of drug-likeness (QED) is 0.513. The van der Waals surface area contributed by atoms with Crippen LogP contribution in [0.5, 0.6) is 11.5 Å². The van der Waals surface area contributed by atoms with E-state index >= 15 is 0 Å². The van der Waals surface area contributed by atoms with E-state index in [0.717, 1.165) is 42.3 Å². The van der Waals surface area contributed by atoms with Crippen LogP contribution in [0.4, 0.5) is 5.69 Å². The van der Waals surface area contributed by atoms with Crippen LogP contribution < -0.4 is 13.8 Å². The van der Waals surface area contributed by atoms with Gasteiger partial charge in [-0.05, 0) is 66.9 Å². The van der Waals surface area contributed by atoms with Gasteiger partial charge in [0, 0.05) is 44.3 Å². The van der Waals surface area contributed by atoms with Gasteiger partial charge in [-0.3, -0.25) is 14.0 Å². The number of anilines is 1. The van der Waals surface area contributed by atoms with Crippen LogP contribution in [-0.4, -0.2) is 63.1 Å². The highest BCUT2D eigenvalue weighted by atomic mass is 32.2. The Hall–Kier alpha value is -3.56. The summed E-state index contributed by atoms with van der Waals surface area (Å²) in [6.45, 7) is 5.82. The molecular formula is C28H29N3O5S. The van der Waals surface area contributed by atoms with Crippen LogP contribution in [-0.2, 0) is 23.0 Å². The van der Waals surface area contributed by atoms with Gasteiger partial charge in [0.15, 0.2) is 11.5 Å². The molecule has 0 spiro atoms. The number of ether oxygens (including phenoxy) is 2. The van der Waals surface area contributed by atoms with E-state index in [1.54, 1.807) is 42.5 Å². The molecule has 0 unspecified atom stereocenters. The molecule has 37 heavy (non-hydrogen) atoms. The molecule has 0 aliphatic carbocycles. The first-order chi connectivity index (χ1) is 17.9. The second-order valence-corrected chi connectivity index (χ2v) is 11.6. The van der Waals surface area contributed by atoms with Gasteiger partial charge in [0.25, 0.3) is 15.9 Å². The van der Waals surface area contributed by atoms with Gasteiger partial charge in [-0.1, -0.05) is 24.3 Å². The highest BCUT2D eigenvalue weighted by Crippen LogP contribution is 2.37. The van der Waals surface area contributed by atoms with Gasteiger partial charge in [-0.25, -0.2) is 8.42 Å². The molecule has 0 saturated carbocycles. The summed E-state index contributed by atoms with van der Waals surface area (Å²) in [6.07, 6.45) is 0.575. The largest absolute Gasteiger partial charge is 0.454 e. The normalized spacial score (nSPS) is 19.2. The Bertz CT molecular complexity index is 1440. The topological polar surface area (TPSA) is 79.4 Å². The third kappa shape index (κ3) is 4.42. The molecule has 1 atom stereocenters. The lowest BCUT2D eigenvalue weighted by Gasteiger charge is -2.35. The van der Waals surface area contributed by atoms with Gasteiger partial charge < -0.3 is 14.4 Å². The minimum absolute atomic E-state index is 0.0115. The maximum atomic E-state index is 13.3. The van der Waals surface area contributed by atoms with Crippen LogP contribution in [0.25, 0.3) is 0 Å². The lowest BCUT2D eigenvalue weighted by atomic mass is 10.1. The third-order valence-electron chi connectivity index (χ3n) is 7.28. The standard InChI is InChI=1S/C28H29N3O5S/c1-20-15-23-17-22(8-9-25(23)31(20)37(33,34)24-5-3-2-4-6-24)28(32)30-13-11-29(12-14-30)18-21-7-10-26-27(16-21)36-19-35-26/h2-10,16-17,20H,11-15,18-19H2,1H3/t20-/m0/s1. The Morgan fingerprint density at radius 1 is 0.919 bits per heavy atom. The number of rotatable bonds is 5. The molecule has 192 valence electrons. The molecule has 1 saturated heterocycles. The summed E-state index contributed by atoms with van der Waals surface area (Å²) in [4.78, 5) is 17.8. The summed E-state index contributed by atoms with van der Waals surface area (Å²) >= 11 is 0. The highest BCUT2D eigenvalue weighted by molar-refractivity contribution is 7.92. The van der Waals surface area contributed by atoms with Gasteiger partial charge >= 0.3 is 0 Å². The summed E-state index contributed by atoms with van der Waals surface area (Å²) in [5.74, 6) is 1.55. The van der Waals surface area contributed by atoms with E-state index in [9.17, 15) is 13.2 Å². The molecule has 0 bridgehead atoms. The number of nitrogens with zero attached hydrogens (tertiary/aromatic N) is 3. The second-order valence-electron chi connectivity index (χ2n) is 9.77. The zero-order valence-corrected chi connectivity index (χ0v) is 21.5. The maximum Gasteiger partial charge on any atom is 0.264 e. The highest BCUT2D eigenvalue weighted by Gasteiger charge is 2.36. The van der Waals surface area contributed by atoms with E-state index in [4.69, 9.17) is 9.47 Å². The number of fused-ring (bicyclic) bond motifs is 2. The predicted octanol–water partition coefficient (Wildman–Crippen LogP) is 3.51. The number of hydrogen-bond donors (Lipinski definition) is 0. The van der Waals surface area contributed by atoms with Crippen molar-refractivity contribution >= 4 is 21.6 Å². The molecule has 3 aliphatic rings. The number of amides is 1. The monoisotopic (exact) mass is 519 g/mol. The number of piperazine rings is 1. The number of carbonyl (C=O) groups excluding carboxylic acids is 1. The number of carbonyl (C=O) groups is 1. The molecular weight excluding hydrogens is 490 g/mol. The van der Waals surface area contributed by atoms with E-state index in [2.05, 4.69) is 11.0 Å². The van der Waals surface area contributed by atoms with E-state index in [1.807, 2.05) is 30.0 Å². The SMILES string of the molecule is C[C@H]1Cc2cc(C(=O)N3CCN(Cc4ccc5c(c4)OCO5)CC3)ccc2N1S(=O)(=O)c1ccccc1. The molecule has 0 aromatic heterocycles. The van der Waals surface area contributed by atoms with E-state index < -0.39 is 10.0 Å². The summed E-state index contributed by atoms with van der Waals surface area (Å²) in [6, 6.07) is 19.7. The van der Waals surface area contributed by atoms with Crippen molar-refractivity contribution in [2.24, 2.45) is 0 Å². The van der Waals surface area contributed by atoms with Gasteiger partial charge in [0.05, 0.1) is 10.6 Å². The molecule has 3 aromatic carbocycles. The second kappa shape index (κ2) is 9.39. The molecule has 3 aliphatic heterocycles. The molecule has 3 aromatic rings. The van der Waals surface area contributed by atoms with E-state index in [1.165, 1.54) is 4.31 Å². The van der Waals surface area contributed by atoms with Crippen molar-refractivity contribution in [1.82, 2.24) is 9.80 Å². The van der Waals surface area contributed by atoms with Gasteiger partial charge in [0.2, 0.25) is 6.79 Å². The van der Waals surface area contributed by atoms with Crippen LogP contribution in [0.15, 0.2) is 71.6 Å². The summed E-state index contributed by atoms with van der Waals surface area (Å²) in [5, 5.41) is 0. The van der Waals surface area contributed by atoms with Crippen molar-refractivity contribution in [3.63, 3.8) is 0 Å². The lowest BCUT2D eigenvalue weighted by Crippen LogP contribution is -2.48. The molecule has 0 radical (unpaired) electrons. The molecule has 6 rings (SSSR count). The zero-order valence-electron chi connectivity index (χ0n) is 20.7. The molecule has 3 heterocycles. The number of benzene rings is 3. The molecule has 9 heteroatoms. The van der Waals surface area contributed by atoms with Crippen molar-refractivity contribution in [3.8, 4) is 11.5 Å². The van der Waals surface area contributed by atoms with Crippen LogP contribution in [0.3, 0.4) is 0 Å². The first-order valence-electron chi connectivity index (χ1n) is 12.5. The average Bonchev–Trinajstić information content (AvgIpc) is 3.52. The van der Waals surface area contributed by atoms with Gasteiger partial charge in [-0.15, -0.1) is 0 Å². The van der Waals surface area contributed by atoms with Crippen LogP contribution in [0.2, 0.25) is 0 Å². The predicted molar refractivity (Wildman–Crippen MR) is 139 cm³/mol. The van der Waals surface area contributed by atoms with Crippen LogP contribution >= 0.6 is 0 Å². The Morgan fingerprint density at radius 3 is 2.46 bits per heavy atom. The van der Waals surface area contributed by atoms with Crippen LogP contribution in [0.1, 0.15) is 28.4 Å². The first kappa shape index (κ1) is 23.8. The number of sulfonamides is 1. The zero-order chi connectivity index (χ0) is 25.6. The van der Waals surface area contributed by atoms with Gasteiger partial charge in [0.1, 0.15) is 0 Å². The summed E-state index contributed by atoms with van der Waals surface area (Å²) < 4.78 is 39.0. The third-order valence-corrected chi connectivity index (χ3v) is 9.22. The van der Waals surface area contributed by atoms with E-state index in [0.29, 0.717) is 30.8 Å². The minimum atomic E-state index is -3.67. The van der Waals surface area contributed by atoms with Crippen LogP contribution in [0, 0.1) is 0 Å². The van der Waals surface area contributed by atoms with Crippen molar-refractivity contribution in [1.29, 1.82) is 0 Å². The Labute approximate surface area is 217 Å². The minimum Gasteiger partial charge on any atom is -0.454 e. The van der Waals surface area contributed by atoms with Crippen molar-refractivity contribution in [2.45, 2.75) is 30.8 Å². The van der Waals surface area contributed by atoms with Crippen molar-refractivity contribution in [3.05, 3.63) is 83.4 Å². The fourth-order valence-electron chi connectivity index (χ4n) is 5.40. The average molecular weight is 520 g/mol. The van der Waals surface area contributed by atoms with E-state index in [-0.39, 0.29) is 23.6 Å². The Kier molecular flexibility index (Phi) is 6.04. The molecule has 0 N–H and O–H groups in total. The Balaban J connectivity index is 1.12. The molecule has 1 fully saturated rings. The van der Waals surface area contributed by atoms with Crippen molar-refractivity contribution in [2.75, 3.05) is 37.3 Å². The molecule has 1 amide bonds. The summed E-state index contributed by atoms with van der Waals surface area (Å²) in [5.41, 5.74) is 3.31. The van der Waals surface area contributed by atoms with Gasteiger partial charge in [-0.2, -0.15) is 0 Å². The molecule has 8 nitrogen and oxygen atoms in total. The first-order valence-corrected chi connectivity index (χ1v) is 14.0. The number of hydrogen-bond acceptors (Lipinski definition) is 6. The van der Waals surface area contributed by atoms with Crippen molar-refractivity contribution < 1.29 is 22.7 Å². The smallest absolute Gasteiger partial charge is 0.264 e. The summed E-state index contributed by atoms with van der Waals surface area (Å²) in [7, 11) is -3.67. The maximum absolute atomic E-state index is 13.3. The fraction of sp³-hybridized carbons (Fsp3) is 0.321.